The van der Waals surface area contributed by atoms with Gasteiger partial charge in [0, 0.05) is 17.4 Å². The van der Waals surface area contributed by atoms with Gasteiger partial charge in [0.2, 0.25) is 0 Å². The van der Waals surface area contributed by atoms with Crippen LogP contribution in [-0.4, -0.2) is 29.4 Å². The fraction of sp³-hybridized carbons (Fsp3) is 0.250. The number of nitrogens with zero attached hydrogens (tertiary/aromatic N) is 1. The highest BCUT2D eigenvalue weighted by atomic mass is 16.5. The van der Waals surface area contributed by atoms with Crippen molar-refractivity contribution in [1.82, 2.24) is 4.57 Å². The van der Waals surface area contributed by atoms with Gasteiger partial charge in [-0.2, -0.15) is 0 Å². The van der Waals surface area contributed by atoms with Crippen LogP contribution >= 0.6 is 0 Å². The summed E-state index contributed by atoms with van der Waals surface area (Å²) < 4.78 is 11.3. The van der Waals surface area contributed by atoms with Crippen LogP contribution in [0, 0.1) is 6.92 Å². The lowest BCUT2D eigenvalue weighted by Crippen LogP contribution is -2.23. The second-order valence-corrected chi connectivity index (χ2v) is 4.58. The molecule has 1 aromatic carbocycles. The van der Waals surface area contributed by atoms with Crippen LogP contribution in [-0.2, 0) is 4.74 Å². The number of esters is 1. The molecule has 0 fully saturated rings. The third kappa shape index (κ3) is 2.81. The predicted molar refractivity (Wildman–Crippen MR) is 80.9 cm³/mol. The predicted octanol–water partition coefficient (Wildman–Crippen LogP) is 2.04. The summed E-state index contributed by atoms with van der Waals surface area (Å²) >= 11 is 0. The van der Waals surface area contributed by atoms with E-state index in [1.54, 1.807) is 45.2 Å². The maximum absolute atomic E-state index is 12.2. The Bertz CT molecular complexity index is 746. The number of pyridine rings is 1. The molecule has 1 aromatic heterocycles. The Hall–Kier alpha value is -2.76. The van der Waals surface area contributed by atoms with Crippen molar-refractivity contribution < 1.29 is 19.4 Å². The maximum Gasteiger partial charge on any atom is 0.343 e. The molecule has 0 aliphatic heterocycles. The number of hydrogen-bond acceptors (Lipinski definition) is 5. The van der Waals surface area contributed by atoms with E-state index in [0.717, 1.165) is 6.07 Å². The van der Waals surface area contributed by atoms with Crippen LogP contribution in [0.1, 0.15) is 23.0 Å². The molecule has 2 rings (SSSR count). The third-order valence-corrected chi connectivity index (χ3v) is 3.24. The number of aromatic hydroxyl groups is 1. The largest absolute Gasteiger partial charge is 0.507 e. The van der Waals surface area contributed by atoms with Crippen LogP contribution in [0.3, 0.4) is 0 Å². The number of rotatable bonds is 4. The zero-order chi connectivity index (χ0) is 16.3. The standard InChI is InChI=1S/C16H17NO5/c1-4-22-16(20)15-10(2)17(14(19)9-13(15)18)11-5-7-12(21-3)8-6-11/h5-9,18H,4H2,1-3H3. The van der Waals surface area contributed by atoms with Gasteiger partial charge in [-0.15, -0.1) is 0 Å². The average Bonchev–Trinajstić information content (AvgIpc) is 2.47. The number of hydrogen-bond donors (Lipinski definition) is 1. The van der Waals surface area contributed by atoms with Crippen LogP contribution in [0.25, 0.3) is 5.69 Å². The van der Waals surface area contributed by atoms with E-state index in [4.69, 9.17) is 9.47 Å². The SMILES string of the molecule is CCOC(=O)c1c(O)cc(=O)n(-c2ccc(OC)cc2)c1C. The first kappa shape index (κ1) is 15.6. The molecule has 0 spiro atoms. The summed E-state index contributed by atoms with van der Waals surface area (Å²) in [5.74, 6) is -0.399. The summed E-state index contributed by atoms with van der Waals surface area (Å²) in [5.41, 5.74) is 0.424. The van der Waals surface area contributed by atoms with Crippen molar-refractivity contribution in [3.8, 4) is 17.2 Å². The van der Waals surface area contributed by atoms with E-state index in [2.05, 4.69) is 0 Å². The molecule has 0 atom stereocenters. The van der Waals surface area contributed by atoms with Crippen LogP contribution in [0.15, 0.2) is 35.1 Å². The fourth-order valence-corrected chi connectivity index (χ4v) is 2.22. The van der Waals surface area contributed by atoms with Crippen molar-refractivity contribution in [2.45, 2.75) is 13.8 Å². The minimum absolute atomic E-state index is 0.0164. The van der Waals surface area contributed by atoms with Crippen LogP contribution in [0.2, 0.25) is 0 Å². The molecule has 116 valence electrons. The molecule has 6 heteroatoms. The van der Waals surface area contributed by atoms with Gasteiger partial charge >= 0.3 is 5.97 Å². The van der Waals surface area contributed by atoms with Gasteiger partial charge in [-0.3, -0.25) is 9.36 Å². The molecule has 1 heterocycles. The van der Waals surface area contributed by atoms with Crippen molar-refractivity contribution in [3.63, 3.8) is 0 Å². The Morgan fingerprint density at radius 2 is 1.91 bits per heavy atom. The van der Waals surface area contributed by atoms with E-state index in [1.807, 2.05) is 0 Å². The monoisotopic (exact) mass is 303 g/mol. The molecular formula is C16H17NO5. The van der Waals surface area contributed by atoms with E-state index in [-0.39, 0.29) is 17.9 Å². The smallest absolute Gasteiger partial charge is 0.343 e. The number of aromatic nitrogens is 1. The van der Waals surface area contributed by atoms with E-state index >= 15 is 0 Å². The van der Waals surface area contributed by atoms with Gasteiger partial charge in [0.25, 0.3) is 5.56 Å². The molecule has 0 radical (unpaired) electrons. The minimum atomic E-state index is -0.667. The molecule has 2 aromatic rings. The normalized spacial score (nSPS) is 10.3. The average molecular weight is 303 g/mol. The van der Waals surface area contributed by atoms with E-state index < -0.39 is 11.5 Å². The summed E-state index contributed by atoms with van der Waals surface area (Å²) in [6.07, 6.45) is 0. The van der Waals surface area contributed by atoms with E-state index in [1.165, 1.54) is 4.57 Å². The van der Waals surface area contributed by atoms with Gasteiger partial charge < -0.3 is 14.6 Å². The molecule has 6 nitrogen and oxygen atoms in total. The first-order valence-electron chi connectivity index (χ1n) is 6.76. The molecule has 0 aliphatic rings. The second-order valence-electron chi connectivity index (χ2n) is 4.58. The third-order valence-electron chi connectivity index (χ3n) is 3.24. The lowest BCUT2D eigenvalue weighted by Gasteiger charge is -2.15. The van der Waals surface area contributed by atoms with Gasteiger partial charge in [0.05, 0.1) is 13.7 Å². The molecule has 0 unspecified atom stereocenters. The Kier molecular flexibility index (Phi) is 4.50. The zero-order valence-electron chi connectivity index (χ0n) is 12.6. The topological polar surface area (TPSA) is 77.8 Å². The zero-order valence-corrected chi connectivity index (χ0v) is 12.6. The Morgan fingerprint density at radius 3 is 2.45 bits per heavy atom. The van der Waals surface area contributed by atoms with E-state index in [0.29, 0.717) is 17.1 Å². The Morgan fingerprint density at radius 1 is 1.27 bits per heavy atom. The van der Waals surface area contributed by atoms with E-state index in [9.17, 15) is 14.7 Å². The van der Waals surface area contributed by atoms with Crippen LogP contribution in [0.4, 0.5) is 0 Å². The fourth-order valence-electron chi connectivity index (χ4n) is 2.22. The first-order valence-corrected chi connectivity index (χ1v) is 6.76. The van der Waals surface area contributed by atoms with Crippen LogP contribution < -0.4 is 10.3 Å². The molecule has 0 aliphatic carbocycles. The summed E-state index contributed by atoms with van der Waals surface area (Å²) in [5, 5.41) is 9.89. The minimum Gasteiger partial charge on any atom is -0.507 e. The van der Waals surface area contributed by atoms with Gasteiger partial charge in [-0.25, -0.2) is 4.79 Å². The highest BCUT2D eigenvalue weighted by molar-refractivity contribution is 5.93. The van der Waals surface area contributed by atoms with Crippen molar-refractivity contribution in [1.29, 1.82) is 0 Å². The van der Waals surface area contributed by atoms with Crippen molar-refractivity contribution in [3.05, 3.63) is 51.9 Å². The molecule has 0 bridgehead atoms. The molecular weight excluding hydrogens is 286 g/mol. The molecule has 22 heavy (non-hydrogen) atoms. The lowest BCUT2D eigenvalue weighted by molar-refractivity contribution is 0.0521. The van der Waals surface area contributed by atoms with Crippen molar-refractivity contribution in [2.75, 3.05) is 13.7 Å². The van der Waals surface area contributed by atoms with Crippen molar-refractivity contribution in [2.24, 2.45) is 0 Å². The Labute approximate surface area is 127 Å². The number of benzene rings is 1. The summed E-state index contributed by atoms with van der Waals surface area (Å²) in [7, 11) is 1.55. The number of ether oxygens (including phenoxy) is 2. The van der Waals surface area contributed by atoms with Gasteiger partial charge in [0.15, 0.2) is 0 Å². The highest BCUT2D eigenvalue weighted by Gasteiger charge is 2.20. The van der Waals surface area contributed by atoms with Crippen molar-refractivity contribution >= 4 is 5.97 Å². The molecule has 1 N–H and O–H groups in total. The second kappa shape index (κ2) is 6.34. The number of methoxy groups -OCH3 is 1. The molecule has 0 saturated carbocycles. The summed E-state index contributed by atoms with van der Waals surface area (Å²) in [4.78, 5) is 24.1. The molecule has 0 saturated heterocycles. The summed E-state index contributed by atoms with van der Waals surface area (Å²) in [6.45, 7) is 3.43. The van der Waals surface area contributed by atoms with Gasteiger partial charge in [0.1, 0.15) is 17.1 Å². The summed E-state index contributed by atoms with van der Waals surface area (Å²) in [6, 6.07) is 7.80. The maximum atomic E-state index is 12.2. The molecule has 0 amide bonds. The van der Waals surface area contributed by atoms with Gasteiger partial charge in [-0.1, -0.05) is 0 Å². The van der Waals surface area contributed by atoms with Gasteiger partial charge in [-0.05, 0) is 38.1 Å². The first-order chi connectivity index (χ1) is 10.5. The number of carbonyl (C=O) groups is 1. The quantitative estimate of drug-likeness (QED) is 0.875. The number of carbonyl (C=O) groups excluding carboxylic acids is 1. The lowest BCUT2D eigenvalue weighted by atomic mass is 10.1. The Balaban J connectivity index is 2.62. The highest BCUT2D eigenvalue weighted by Crippen LogP contribution is 2.23. The van der Waals surface area contributed by atoms with Crippen LogP contribution in [0.5, 0.6) is 11.5 Å².